The molecule has 3 saturated heterocycles. The number of hydrogen-bond acceptors (Lipinski definition) is 6. The zero-order valence-electron chi connectivity index (χ0n) is 24.5. The average molecular weight is 529 g/mol. The van der Waals surface area contributed by atoms with Crippen LogP contribution in [0.4, 0.5) is 0 Å². The Hall–Kier alpha value is -0.690. The Morgan fingerprint density at radius 1 is 0.947 bits per heavy atom. The summed E-state index contributed by atoms with van der Waals surface area (Å²) in [6, 6.07) is 0. The summed E-state index contributed by atoms with van der Waals surface area (Å²) in [7, 11) is 0. The molecule has 0 aromatic carbocycles. The topological polar surface area (TPSA) is 77.5 Å². The van der Waals surface area contributed by atoms with Crippen LogP contribution < -0.4 is 0 Å². The second-order valence-corrected chi connectivity index (χ2v) is 16.5. The largest absolute Gasteiger partial charge is 0.462 e. The molecule has 3 aliphatic heterocycles. The molecule has 0 aromatic rings. The lowest BCUT2D eigenvalue weighted by Crippen LogP contribution is -2.63. The molecule has 0 aromatic heterocycles. The molecule has 14 unspecified atom stereocenters. The van der Waals surface area contributed by atoms with Crippen LogP contribution >= 0.6 is 0 Å². The molecule has 3 heterocycles. The minimum Gasteiger partial charge on any atom is -0.462 e. The molecular weight excluding hydrogens is 480 g/mol. The smallest absolute Gasteiger partial charge is 0.302 e. The van der Waals surface area contributed by atoms with Gasteiger partial charge in [-0.3, -0.25) is 4.79 Å². The van der Waals surface area contributed by atoms with Crippen LogP contribution in [-0.2, 0) is 23.7 Å². The average Bonchev–Trinajstić information content (AvgIpc) is 3.64. The number of aliphatic hydroxyl groups is 1. The minimum absolute atomic E-state index is 0.0154. The van der Waals surface area contributed by atoms with Crippen LogP contribution in [0.2, 0.25) is 0 Å². The molecular formula is C32H48O6. The van der Waals surface area contributed by atoms with Gasteiger partial charge in [-0.05, 0) is 97.2 Å². The van der Waals surface area contributed by atoms with Gasteiger partial charge in [0.1, 0.15) is 17.8 Å². The number of fused-ring (bicyclic) bond motifs is 6. The summed E-state index contributed by atoms with van der Waals surface area (Å²) in [5.74, 6) is 1.09. The van der Waals surface area contributed by atoms with E-state index in [4.69, 9.17) is 18.9 Å². The third kappa shape index (κ3) is 2.52. The van der Waals surface area contributed by atoms with Crippen LogP contribution in [0.1, 0.15) is 99.8 Å². The van der Waals surface area contributed by atoms with Gasteiger partial charge in [0, 0.05) is 18.8 Å². The van der Waals surface area contributed by atoms with E-state index in [0.29, 0.717) is 30.3 Å². The highest BCUT2D eigenvalue weighted by molar-refractivity contribution is 5.66. The Labute approximate surface area is 227 Å². The molecule has 5 saturated carbocycles. The molecule has 6 heteroatoms. The van der Waals surface area contributed by atoms with Gasteiger partial charge in [-0.2, -0.15) is 0 Å². The summed E-state index contributed by atoms with van der Waals surface area (Å²) in [5.41, 5.74) is 0.108. The van der Waals surface area contributed by atoms with Crippen molar-refractivity contribution in [2.24, 2.45) is 50.7 Å². The fourth-order valence-corrected chi connectivity index (χ4v) is 13.3. The number of rotatable bonds is 1. The number of ether oxygens (including phenoxy) is 4. The maximum atomic E-state index is 12.7. The highest BCUT2D eigenvalue weighted by atomic mass is 16.8. The molecule has 0 bridgehead atoms. The Morgan fingerprint density at radius 3 is 2.34 bits per heavy atom. The third-order valence-corrected chi connectivity index (χ3v) is 14.9. The third-order valence-electron chi connectivity index (χ3n) is 14.9. The van der Waals surface area contributed by atoms with Crippen molar-refractivity contribution in [1.82, 2.24) is 0 Å². The van der Waals surface area contributed by atoms with Gasteiger partial charge in [0.2, 0.25) is 0 Å². The van der Waals surface area contributed by atoms with Gasteiger partial charge in [-0.15, -0.1) is 0 Å². The number of aliphatic hydroxyl groups excluding tert-OH is 1. The second kappa shape index (κ2) is 6.85. The number of carbonyl (C=O) groups is 1. The van der Waals surface area contributed by atoms with Crippen LogP contribution in [0, 0.1) is 50.7 Å². The van der Waals surface area contributed by atoms with Crippen molar-refractivity contribution in [2.45, 2.75) is 136 Å². The molecule has 8 fully saturated rings. The molecule has 6 nitrogen and oxygen atoms in total. The zero-order valence-corrected chi connectivity index (χ0v) is 24.5. The van der Waals surface area contributed by atoms with E-state index in [1.165, 1.54) is 19.3 Å². The lowest BCUT2D eigenvalue weighted by Gasteiger charge is -2.65. The van der Waals surface area contributed by atoms with Crippen LogP contribution in [0.5, 0.6) is 0 Å². The van der Waals surface area contributed by atoms with Crippen LogP contribution in [0.15, 0.2) is 0 Å². The van der Waals surface area contributed by atoms with Gasteiger partial charge in [-0.1, -0.05) is 34.6 Å². The molecule has 14 atom stereocenters. The quantitative estimate of drug-likeness (QED) is 0.370. The summed E-state index contributed by atoms with van der Waals surface area (Å²) in [4.78, 5) is 12.7. The second-order valence-electron chi connectivity index (χ2n) is 16.5. The van der Waals surface area contributed by atoms with Gasteiger partial charge in [0.25, 0.3) is 0 Å². The molecule has 0 amide bonds. The minimum atomic E-state index is -0.619. The molecule has 8 rings (SSSR count). The Kier molecular flexibility index (Phi) is 4.51. The number of hydrogen-bond donors (Lipinski definition) is 1. The molecule has 212 valence electrons. The van der Waals surface area contributed by atoms with E-state index in [-0.39, 0.29) is 63.1 Å². The fourth-order valence-electron chi connectivity index (χ4n) is 13.3. The summed E-state index contributed by atoms with van der Waals surface area (Å²) < 4.78 is 26.1. The molecule has 38 heavy (non-hydrogen) atoms. The maximum Gasteiger partial charge on any atom is 0.302 e. The number of esters is 1. The summed E-state index contributed by atoms with van der Waals surface area (Å²) in [6.45, 7) is 16.4. The normalized spacial score (nSPS) is 64.5. The maximum absolute atomic E-state index is 12.7. The summed E-state index contributed by atoms with van der Waals surface area (Å²) >= 11 is 0. The highest BCUT2D eigenvalue weighted by Gasteiger charge is 2.86. The SMILES string of the molecule is CC(=O)OC1CC23CC24CCC(O)C(C)(C)C4CCC3C2(C)CC3OC4(CC(C)C3C12C)OCC1(C)OC14. The molecule has 0 radical (unpaired) electrons. The molecule has 8 aliphatic rings. The molecule has 1 N–H and O–H groups in total. The van der Waals surface area contributed by atoms with Crippen molar-refractivity contribution in [3.8, 4) is 0 Å². The zero-order chi connectivity index (χ0) is 26.9. The molecule has 3 spiro atoms. The highest BCUT2D eigenvalue weighted by Crippen LogP contribution is 2.89. The predicted molar refractivity (Wildman–Crippen MR) is 140 cm³/mol. The van der Waals surface area contributed by atoms with Crippen LogP contribution in [0.3, 0.4) is 0 Å². The van der Waals surface area contributed by atoms with E-state index in [0.717, 1.165) is 32.1 Å². The Balaban J connectivity index is 1.21. The first kappa shape index (κ1) is 25.1. The van der Waals surface area contributed by atoms with Crippen molar-refractivity contribution in [3.05, 3.63) is 0 Å². The summed E-state index contributed by atoms with van der Waals surface area (Å²) in [6.07, 6.45) is 8.30. The van der Waals surface area contributed by atoms with Crippen molar-refractivity contribution in [2.75, 3.05) is 6.61 Å². The van der Waals surface area contributed by atoms with Crippen molar-refractivity contribution < 1.29 is 28.8 Å². The van der Waals surface area contributed by atoms with Gasteiger partial charge in [-0.25, -0.2) is 0 Å². The van der Waals surface area contributed by atoms with E-state index in [9.17, 15) is 9.90 Å². The van der Waals surface area contributed by atoms with Crippen molar-refractivity contribution in [3.63, 3.8) is 0 Å². The monoisotopic (exact) mass is 528 g/mol. The van der Waals surface area contributed by atoms with Gasteiger partial charge >= 0.3 is 5.97 Å². The fraction of sp³-hybridized carbons (Fsp3) is 0.969. The van der Waals surface area contributed by atoms with Crippen LogP contribution in [0.25, 0.3) is 0 Å². The Bertz CT molecular complexity index is 1110. The standard InChI is InChI=1S/C32H48O6/c1-17-12-32(25-28(6,38-25)16-35-32)37-19-13-27(5)21-9-8-20-26(3,4)22(34)10-11-30(20)15-31(21,30)14-23(36-18(2)33)29(27,7)24(17)19/h17,19-25,34H,8-16H2,1-7H3. The van der Waals surface area contributed by atoms with E-state index in [1.54, 1.807) is 6.92 Å². The van der Waals surface area contributed by atoms with E-state index < -0.39 is 5.79 Å². The van der Waals surface area contributed by atoms with Crippen molar-refractivity contribution in [1.29, 1.82) is 0 Å². The lowest BCUT2D eigenvalue weighted by atomic mass is 9.41. The van der Waals surface area contributed by atoms with Gasteiger partial charge in [0.15, 0.2) is 5.79 Å². The van der Waals surface area contributed by atoms with E-state index >= 15 is 0 Å². The number of epoxide rings is 1. The first-order valence-corrected chi connectivity index (χ1v) is 15.5. The Morgan fingerprint density at radius 2 is 1.68 bits per heavy atom. The van der Waals surface area contributed by atoms with Gasteiger partial charge in [0.05, 0.1) is 18.8 Å². The van der Waals surface area contributed by atoms with E-state index in [1.807, 2.05) is 0 Å². The molecule has 5 aliphatic carbocycles. The van der Waals surface area contributed by atoms with Crippen LogP contribution in [-0.4, -0.2) is 53.5 Å². The first-order chi connectivity index (χ1) is 17.7. The summed E-state index contributed by atoms with van der Waals surface area (Å²) in [5, 5.41) is 11.0. The predicted octanol–water partition coefficient (Wildman–Crippen LogP) is 5.25. The number of carbonyl (C=O) groups excluding carboxylic acids is 1. The lowest BCUT2D eigenvalue weighted by molar-refractivity contribution is -0.308. The van der Waals surface area contributed by atoms with E-state index in [2.05, 4.69) is 41.5 Å². The van der Waals surface area contributed by atoms with Gasteiger partial charge < -0.3 is 24.1 Å². The van der Waals surface area contributed by atoms with Crippen molar-refractivity contribution >= 4 is 5.97 Å². The first-order valence-electron chi connectivity index (χ1n) is 15.5.